The lowest BCUT2D eigenvalue weighted by Gasteiger charge is -2.03. The molecule has 0 radical (unpaired) electrons. The van der Waals surface area contributed by atoms with E-state index in [-0.39, 0.29) is 0 Å². The maximum Gasteiger partial charge on any atom is 0.181 e. The van der Waals surface area contributed by atoms with Crippen molar-refractivity contribution in [3.63, 3.8) is 0 Å². The highest BCUT2D eigenvalue weighted by Crippen LogP contribution is 2.37. The molecular weight excluding hydrogens is 280 g/mol. The van der Waals surface area contributed by atoms with Crippen molar-refractivity contribution in [2.45, 2.75) is 0 Å². The molecule has 0 atom stereocenters. The van der Waals surface area contributed by atoms with Crippen LogP contribution in [0.25, 0.3) is 21.7 Å². The molecule has 6 heteroatoms. The summed E-state index contributed by atoms with van der Waals surface area (Å²) < 4.78 is 26.4. The summed E-state index contributed by atoms with van der Waals surface area (Å²) in [5.41, 5.74) is 7.59. The van der Waals surface area contributed by atoms with Crippen LogP contribution in [-0.4, -0.2) is 9.97 Å². The van der Waals surface area contributed by atoms with Gasteiger partial charge in [0.2, 0.25) is 0 Å². The van der Waals surface area contributed by atoms with Crippen LogP contribution in [-0.2, 0) is 0 Å². The average Bonchev–Trinajstić information content (AvgIpc) is 2.85. The molecule has 2 aromatic heterocycles. The number of hydrogen-bond donors (Lipinski definition) is 1. The first-order valence-electron chi connectivity index (χ1n) is 5.77. The van der Waals surface area contributed by atoms with Gasteiger partial charge in [-0.25, -0.2) is 13.8 Å². The number of anilines is 1. The molecule has 0 bridgehead atoms. The summed E-state index contributed by atoms with van der Waals surface area (Å²) in [7, 11) is 0. The monoisotopic (exact) mass is 289 g/mol. The van der Waals surface area contributed by atoms with Crippen molar-refractivity contribution in [2.75, 3.05) is 5.73 Å². The number of aromatic nitrogens is 2. The number of nitrogen functional groups attached to an aromatic ring is 1. The van der Waals surface area contributed by atoms with E-state index in [0.29, 0.717) is 16.4 Å². The van der Waals surface area contributed by atoms with Crippen molar-refractivity contribution in [2.24, 2.45) is 0 Å². The van der Waals surface area contributed by atoms with Gasteiger partial charge in [0.15, 0.2) is 16.8 Å². The van der Waals surface area contributed by atoms with Crippen molar-refractivity contribution >= 4 is 16.5 Å². The second-order valence-corrected chi connectivity index (χ2v) is 5.13. The van der Waals surface area contributed by atoms with Gasteiger partial charge in [-0.15, -0.1) is 0 Å². The van der Waals surface area contributed by atoms with Gasteiger partial charge in [-0.1, -0.05) is 17.4 Å². The maximum atomic E-state index is 13.4. The molecule has 2 heterocycles. The number of benzene rings is 1. The third-order valence-corrected chi connectivity index (χ3v) is 3.69. The third-order valence-electron chi connectivity index (χ3n) is 2.76. The number of hydrogen-bond acceptors (Lipinski definition) is 4. The van der Waals surface area contributed by atoms with E-state index in [1.807, 2.05) is 6.07 Å². The van der Waals surface area contributed by atoms with Crippen LogP contribution in [0.3, 0.4) is 0 Å². The number of pyridine rings is 1. The molecule has 0 aliphatic rings. The zero-order valence-electron chi connectivity index (χ0n) is 10.2. The summed E-state index contributed by atoms with van der Waals surface area (Å²) in [6.45, 7) is 0. The standard InChI is InChI=1S/C14H9F2N3S/c15-10-4-3-8(6-11(10)16)12-13(20-14(17)19-12)9-2-1-5-18-7-9/h1-7H,(H2,17,19). The second kappa shape index (κ2) is 4.97. The van der Waals surface area contributed by atoms with Gasteiger partial charge in [-0.3, -0.25) is 4.98 Å². The van der Waals surface area contributed by atoms with Crippen LogP contribution < -0.4 is 5.73 Å². The Kier molecular flexibility index (Phi) is 3.15. The molecule has 3 rings (SSSR count). The highest BCUT2D eigenvalue weighted by Gasteiger charge is 2.15. The number of thiazole rings is 1. The fourth-order valence-corrected chi connectivity index (χ4v) is 2.71. The third kappa shape index (κ3) is 2.25. The first-order chi connectivity index (χ1) is 9.65. The van der Waals surface area contributed by atoms with E-state index in [4.69, 9.17) is 5.73 Å². The van der Waals surface area contributed by atoms with Gasteiger partial charge in [0.05, 0.1) is 10.6 Å². The summed E-state index contributed by atoms with van der Waals surface area (Å²) >= 11 is 1.28. The predicted molar refractivity (Wildman–Crippen MR) is 75.1 cm³/mol. The zero-order chi connectivity index (χ0) is 14.1. The van der Waals surface area contributed by atoms with E-state index in [9.17, 15) is 8.78 Å². The summed E-state index contributed by atoms with van der Waals surface area (Å²) in [6.07, 6.45) is 3.33. The van der Waals surface area contributed by atoms with Crippen molar-refractivity contribution in [3.05, 3.63) is 54.4 Å². The lowest BCUT2D eigenvalue weighted by molar-refractivity contribution is 0.509. The van der Waals surface area contributed by atoms with E-state index in [2.05, 4.69) is 9.97 Å². The predicted octanol–water partition coefficient (Wildman–Crippen LogP) is 3.73. The average molecular weight is 289 g/mol. The molecule has 3 nitrogen and oxygen atoms in total. The van der Waals surface area contributed by atoms with Gasteiger partial charge < -0.3 is 5.73 Å². The van der Waals surface area contributed by atoms with Crippen molar-refractivity contribution < 1.29 is 8.78 Å². The van der Waals surface area contributed by atoms with Crippen molar-refractivity contribution in [3.8, 4) is 21.7 Å². The molecule has 0 spiro atoms. The minimum atomic E-state index is -0.911. The highest BCUT2D eigenvalue weighted by atomic mass is 32.1. The molecule has 1 aromatic carbocycles. The molecule has 0 saturated heterocycles. The smallest absolute Gasteiger partial charge is 0.181 e. The Bertz CT molecular complexity index is 756. The van der Waals surface area contributed by atoms with Crippen LogP contribution >= 0.6 is 11.3 Å². The molecular formula is C14H9F2N3S. The van der Waals surface area contributed by atoms with Gasteiger partial charge in [-0.2, -0.15) is 0 Å². The van der Waals surface area contributed by atoms with E-state index in [0.717, 1.165) is 22.6 Å². The molecule has 0 saturated carbocycles. The highest BCUT2D eigenvalue weighted by molar-refractivity contribution is 7.19. The van der Waals surface area contributed by atoms with E-state index in [1.54, 1.807) is 18.5 Å². The second-order valence-electron chi connectivity index (χ2n) is 4.10. The fraction of sp³-hybridized carbons (Fsp3) is 0. The van der Waals surface area contributed by atoms with Gasteiger partial charge in [0, 0.05) is 23.5 Å². The first-order valence-corrected chi connectivity index (χ1v) is 6.59. The number of rotatable bonds is 2. The van der Waals surface area contributed by atoms with Crippen LogP contribution in [0, 0.1) is 11.6 Å². The topological polar surface area (TPSA) is 51.8 Å². The Morgan fingerprint density at radius 1 is 1.05 bits per heavy atom. The van der Waals surface area contributed by atoms with Crippen LogP contribution in [0.5, 0.6) is 0 Å². The molecule has 0 aliphatic carbocycles. The lowest BCUT2D eigenvalue weighted by Crippen LogP contribution is -1.88. The lowest BCUT2D eigenvalue weighted by atomic mass is 10.1. The summed E-state index contributed by atoms with van der Waals surface area (Å²) in [4.78, 5) is 9.03. The Morgan fingerprint density at radius 3 is 2.60 bits per heavy atom. The Morgan fingerprint density at radius 2 is 1.90 bits per heavy atom. The Balaban J connectivity index is 2.17. The number of nitrogens with zero attached hydrogens (tertiary/aromatic N) is 2. The van der Waals surface area contributed by atoms with Gasteiger partial charge in [0.1, 0.15) is 0 Å². The van der Waals surface area contributed by atoms with Crippen molar-refractivity contribution in [1.29, 1.82) is 0 Å². The largest absolute Gasteiger partial charge is 0.375 e. The minimum Gasteiger partial charge on any atom is -0.375 e. The Hall–Kier alpha value is -2.34. The first kappa shape index (κ1) is 12.7. The zero-order valence-corrected chi connectivity index (χ0v) is 11.0. The van der Waals surface area contributed by atoms with Crippen LogP contribution in [0.2, 0.25) is 0 Å². The number of nitrogens with two attached hydrogens (primary N) is 1. The number of halogens is 2. The van der Waals surface area contributed by atoms with E-state index in [1.165, 1.54) is 17.4 Å². The summed E-state index contributed by atoms with van der Waals surface area (Å²) in [6, 6.07) is 7.33. The van der Waals surface area contributed by atoms with Gasteiger partial charge in [0.25, 0.3) is 0 Å². The SMILES string of the molecule is Nc1nc(-c2ccc(F)c(F)c2)c(-c2cccnc2)s1. The van der Waals surface area contributed by atoms with Crippen LogP contribution in [0.1, 0.15) is 0 Å². The molecule has 0 fully saturated rings. The van der Waals surface area contributed by atoms with Crippen LogP contribution in [0.15, 0.2) is 42.7 Å². The Labute approximate surface area is 117 Å². The van der Waals surface area contributed by atoms with Crippen molar-refractivity contribution in [1.82, 2.24) is 9.97 Å². The van der Waals surface area contributed by atoms with Gasteiger partial charge >= 0.3 is 0 Å². The van der Waals surface area contributed by atoms with E-state index < -0.39 is 11.6 Å². The minimum absolute atomic E-state index is 0.364. The summed E-state index contributed by atoms with van der Waals surface area (Å²) in [5, 5.41) is 0.364. The van der Waals surface area contributed by atoms with Crippen LogP contribution in [0.4, 0.5) is 13.9 Å². The molecule has 100 valence electrons. The van der Waals surface area contributed by atoms with Gasteiger partial charge in [-0.05, 0) is 24.3 Å². The molecule has 20 heavy (non-hydrogen) atoms. The summed E-state index contributed by atoms with van der Waals surface area (Å²) in [5.74, 6) is -1.80. The normalized spacial score (nSPS) is 10.7. The molecule has 0 aliphatic heterocycles. The maximum absolute atomic E-state index is 13.4. The van der Waals surface area contributed by atoms with E-state index >= 15 is 0 Å². The fourth-order valence-electron chi connectivity index (χ4n) is 1.87. The molecule has 0 amide bonds. The molecule has 3 aromatic rings. The molecule has 2 N–H and O–H groups in total. The quantitative estimate of drug-likeness (QED) is 0.782. The molecule has 0 unspecified atom stereocenters.